The van der Waals surface area contributed by atoms with Crippen LogP contribution < -0.4 is 10.6 Å². The molecular weight excluding hydrogens is 508 g/mol. The van der Waals surface area contributed by atoms with Crippen LogP contribution in [0.15, 0.2) is 29.3 Å². The second-order valence-electron chi connectivity index (χ2n) is 8.21. The number of aliphatic imine (C=N–C) groups is 1. The van der Waals surface area contributed by atoms with Gasteiger partial charge in [-0.15, -0.1) is 24.0 Å². The van der Waals surface area contributed by atoms with Crippen molar-refractivity contribution in [2.75, 3.05) is 52.4 Å². The molecule has 1 amide bonds. The van der Waals surface area contributed by atoms with Crippen molar-refractivity contribution in [1.29, 1.82) is 0 Å². The molecule has 174 valence electrons. The number of guanidine groups is 1. The Morgan fingerprint density at radius 1 is 1.10 bits per heavy atom. The van der Waals surface area contributed by atoms with Crippen molar-refractivity contribution in [1.82, 2.24) is 20.4 Å². The summed E-state index contributed by atoms with van der Waals surface area (Å²) in [7, 11) is 0. The van der Waals surface area contributed by atoms with E-state index in [0.29, 0.717) is 5.91 Å². The van der Waals surface area contributed by atoms with Crippen LogP contribution in [-0.4, -0.2) is 74.0 Å². The number of halogens is 2. The largest absolute Gasteiger partial charge is 0.357 e. The molecule has 2 aliphatic rings. The average molecular weight is 545 g/mol. The predicted molar refractivity (Wildman–Crippen MR) is 134 cm³/mol. The van der Waals surface area contributed by atoms with Gasteiger partial charge in [-0.25, -0.2) is 4.39 Å². The van der Waals surface area contributed by atoms with Gasteiger partial charge in [0.1, 0.15) is 5.82 Å². The molecule has 1 heterocycles. The SMILES string of the molecule is CCNC(=NCCN1CCN(C(=O)C2CCCC2)CC1)NCCc1ccc(F)cc1.I. The number of carbonyl (C=O) groups is 1. The lowest BCUT2D eigenvalue weighted by Gasteiger charge is -2.35. The number of benzene rings is 1. The summed E-state index contributed by atoms with van der Waals surface area (Å²) in [5.74, 6) is 1.27. The zero-order valence-corrected chi connectivity index (χ0v) is 20.9. The molecule has 1 aliphatic carbocycles. The standard InChI is InChI=1S/C23H36FN5O.HI/c1-2-25-23(26-12-11-19-7-9-21(24)10-8-19)27-13-14-28-15-17-29(18-16-28)22(30)20-5-3-4-6-20;/h7-10,20H,2-6,11-18H2,1H3,(H2,25,26,27);1H. The summed E-state index contributed by atoms with van der Waals surface area (Å²) in [4.78, 5) is 21.7. The number of hydrogen-bond acceptors (Lipinski definition) is 3. The minimum atomic E-state index is -0.203. The maximum Gasteiger partial charge on any atom is 0.225 e. The minimum Gasteiger partial charge on any atom is -0.357 e. The van der Waals surface area contributed by atoms with Crippen LogP contribution in [0.3, 0.4) is 0 Å². The van der Waals surface area contributed by atoms with Gasteiger partial charge >= 0.3 is 0 Å². The lowest BCUT2D eigenvalue weighted by atomic mass is 10.1. The molecule has 8 heteroatoms. The van der Waals surface area contributed by atoms with Gasteiger partial charge in [0.05, 0.1) is 6.54 Å². The summed E-state index contributed by atoms with van der Waals surface area (Å²) in [5, 5.41) is 6.62. The quantitative estimate of drug-likeness (QED) is 0.300. The highest BCUT2D eigenvalue weighted by molar-refractivity contribution is 14.0. The average Bonchev–Trinajstić information content (AvgIpc) is 3.30. The molecule has 0 atom stereocenters. The molecule has 0 unspecified atom stereocenters. The van der Waals surface area contributed by atoms with Gasteiger partial charge in [0.2, 0.25) is 5.91 Å². The van der Waals surface area contributed by atoms with Crippen molar-refractivity contribution in [2.24, 2.45) is 10.9 Å². The number of amides is 1. The summed E-state index contributed by atoms with van der Waals surface area (Å²) in [6.07, 6.45) is 5.40. The Morgan fingerprint density at radius 2 is 1.77 bits per heavy atom. The molecule has 1 aromatic carbocycles. The number of piperazine rings is 1. The normalized spacial score (nSPS) is 18.0. The highest BCUT2D eigenvalue weighted by Crippen LogP contribution is 2.26. The Balaban J connectivity index is 0.00000341. The maximum atomic E-state index is 13.0. The van der Waals surface area contributed by atoms with E-state index in [-0.39, 0.29) is 35.7 Å². The van der Waals surface area contributed by atoms with Gasteiger partial charge in [-0.05, 0) is 43.9 Å². The number of rotatable bonds is 8. The fourth-order valence-corrected chi connectivity index (χ4v) is 4.24. The first kappa shape index (κ1) is 25.8. The Labute approximate surface area is 203 Å². The first-order valence-corrected chi connectivity index (χ1v) is 11.4. The molecule has 0 spiro atoms. The number of carbonyl (C=O) groups excluding carboxylic acids is 1. The smallest absolute Gasteiger partial charge is 0.225 e. The molecule has 1 aromatic rings. The van der Waals surface area contributed by atoms with Crippen LogP contribution >= 0.6 is 24.0 Å². The second-order valence-corrected chi connectivity index (χ2v) is 8.21. The van der Waals surface area contributed by atoms with E-state index < -0.39 is 0 Å². The van der Waals surface area contributed by atoms with Crippen molar-refractivity contribution in [2.45, 2.75) is 39.0 Å². The van der Waals surface area contributed by atoms with Gasteiger partial charge in [-0.3, -0.25) is 14.7 Å². The summed E-state index contributed by atoms with van der Waals surface area (Å²) in [6, 6.07) is 6.63. The lowest BCUT2D eigenvalue weighted by Crippen LogP contribution is -2.50. The van der Waals surface area contributed by atoms with E-state index in [1.165, 1.54) is 25.0 Å². The Bertz CT molecular complexity index is 686. The molecule has 6 nitrogen and oxygen atoms in total. The van der Waals surface area contributed by atoms with Crippen LogP contribution in [0.4, 0.5) is 4.39 Å². The van der Waals surface area contributed by atoms with Crippen LogP contribution in [0.25, 0.3) is 0 Å². The molecule has 0 bridgehead atoms. The predicted octanol–water partition coefficient (Wildman–Crippen LogP) is 2.88. The van der Waals surface area contributed by atoms with E-state index in [4.69, 9.17) is 0 Å². The zero-order chi connectivity index (χ0) is 21.2. The Kier molecular flexibility index (Phi) is 11.6. The van der Waals surface area contributed by atoms with Crippen LogP contribution in [-0.2, 0) is 11.2 Å². The topological polar surface area (TPSA) is 60.0 Å². The van der Waals surface area contributed by atoms with Gasteiger partial charge in [0.25, 0.3) is 0 Å². The van der Waals surface area contributed by atoms with E-state index in [2.05, 4.69) is 32.3 Å². The molecular formula is C23H37FIN5O. The summed E-state index contributed by atoms with van der Waals surface area (Å²) in [6.45, 7) is 8.79. The third kappa shape index (κ3) is 8.56. The minimum absolute atomic E-state index is 0. The van der Waals surface area contributed by atoms with Crippen molar-refractivity contribution in [3.8, 4) is 0 Å². The first-order valence-electron chi connectivity index (χ1n) is 11.4. The molecule has 2 fully saturated rings. The molecule has 1 saturated carbocycles. The lowest BCUT2D eigenvalue weighted by molar-refractivity contribution is -0.137. The van der Waals surface area contributed by atoms with Gasteiger partial charge in [0.15, 0.2) is 5.96 Å². The van der Waals surface area contributed by atoms with E-state index in [9.17, 15) is 9.18 Å². The molecule has 0 aromatic heterocycles. The highest BCUT2D eigenvalue weighted by atomic mass is 127. The Hall–Kier alpha value is -1.42. The fraction of sp³-hybridized carbons (Fsp3) is 0.652. The van der Waals surface area contributed by atoms with Crippen molar-refractivity contribution < 1.29 is 9.18 Å². The van der Waals surface area contributed by atoms with E-state index >= 15 is 0 Å². The van der Waals surface area contributed by atoms with Crippen LogP contribution in [0.2, 0.25) is 0 Å². The van der Waals surface area contributed by atoms with Gasteiger partial charge in [0, 0.05) is 51.7 Å². The van der Waals surface area contributed by atoms with Crippen LogP contribution in [0.1, 0.15) is 38.2 Å². The molecule has 3 rings (SSSR count). The molecule has 1 aliphatic heterocycles. The van der Waals surface area contributed by atoms with Crippen LogP contribution in [0, 0.1) is 11.7 Å². The van der Waals surface area contributed by atoms with E-state index in [1.54, 1.807) is 0 Å². The highest BCUT2D eigenvalue weighted by Gasteiger charge is 2.29. The molecule has 1 saturated heterocycles. The van der Waals surface area contributed by atoms with Crippen molar-refractivity contribution in [3.05, 3.63) is 35.6 Å². The van der Waals surface area contributed by atoms with E-state index in [1.807, 2.05) is 12.1 Å². The van der Waals surface area contributed by atoms with Crippen molar-refractivity contribution in [3.63, 3.8) is 0 Å². The second kappa shape index (κ2) is 13.9. The summed E-state index contributed by atoms with van der Waals surface area (Å²) >= 11 is 0. The van der Waals surface area contributed by atoms with Gasteiger partial charge in [-0.2, -0.15) is 0 Å². The molecule has 0 radical (unpaired) electrons. The third-order valence-electron chi connectivity index (χ3n) is 6.04. The van der Waals surface area contributed by atoms with E-state index in [0.717, 1.165) is 83.1 Å². The van der Waals surface area contributed by atoms with Crippen LogP contribution in [0.5, 0.6) is 0 Å². The number of hydrogen-bond donors (Lipinski definition) is 2. The zero-order valence-electron chi connectivity index (χ0n) is 18.6. The molecule has 2 N–H and O–H groups in total. The first-order chi connectivity index (χ1) is 14.7. The fourth-order valence-electron chi connectivity index (χ4n) is 4.24. The number of nitrogens with zero attached hydrogens (tertiary/aromatic N) is 3. The summed E-state index contributed by atoms with van der Waals surface area (Å²) in [5.41, 5.74) is 1.10. The summed E-state index contributed by atoms with van der Waals surface area (Å²) < 4.78 is 13.0. The molecule has 31 heavy (non-hydrogen) atoms. The number of nitrogens with one attached hydrogen (secondary N) is 2. The maximum absolute atomic E-state index is 13.0. The third-order valence-corrected chi connectivity index (χ3v) is 6.04. The van der Waals surface area contributed by atoms with Gasteiger partial charge in [-0.1, -0.05) is 25.0 Å². The van der Waals surface area contributed by atoms with Crippen molar-refractivity contribution >= 4 is 35.8 Å². The Morgan fingerprint density at radius 3 is 2.42 bits per heavy atom. The van der Waals surface area contributed by atoms with Gasteiger partial charge < -0.3 is 15.5 Å². The monoisotopic (exact) mass is 545 g/mol.